The van der Waals surface area contributed by atoms with Crippen LogP contribution in [0.3, 0.4) is 0 Å². The summed E-state index contributed by atoms with van der Waals surface area (Å²) in [6.07, 6.45) is 1.93. The lowest BCUT2D eigenvalue weighted by atomic mass is 9.94. The number of anilines is 1. The van der Waals surface area contributed by atoms with E-state index in [9.17, 15) is 4.79 Å². The van der Waals surface area contributed by atoms with Crippen LogP contribution in [0.2, 0.25) is 5.02 Å². The monoisotopic (exact) mass is 487 g/mol. The number of halogens is 1. The predicted molar refractivity (Wildman–Crippen MR) is 130 cm³/mol. The molecule has 0 unspecified atom stereocenters. The average molecular weight is 488 g/mol. The molecule has 4 rings (SSSR count). The second-order valence-electron chi connectivity index (χ2n) is 8.44. The lowest BCUT2D eigenvalue weighted by Gasteiger charge is -2.39. The minimum absolute atomic E-state index is 0.185. The molecule has 9 heteroatoms. The highest BCUT2D eigenvalue weighted by Crippen LogP contribution is 2.23. The van der Waals surface area contributed by atoms with Crippen molar-refractivity contribution >= 4 is 35.1 Å². The first-order valence-corrected chi connectivity index (χ1v) is 11.7. The molecule has 0 radical (unpaired) electrons. The lowest BCUT2D eigenvalue weighted by molar-refractivity contribution is -0.159. The fraction of sp³-hybridized carbons (Fsp3) is 0.400. The summed E-state index contributed by atoms with van der Waals surface area (Å²) in [5, 5.41) is 15.6. The van der Waals surface area contributed by atoms with Crippen LogP contribution in [0, 0.1) is 5.92 Å². The van der Waals surface area contributed by atoms with E-state index in [0.717, 1.165) is 63.7 Å². The topological polar surface area (TPSA) is 101 Å². The van der Waals surface area contributed by atoms with Crippen molar-refractivity contribution in [3.8, 4) is 0 Å². The largest absolute Gasteiger partial charge is 0.473 e. The molecular weight excluding hydrogens is 458 g/mol. The van der Waals surface area contributed by atoms with Gasteiger partial charge in [-0.1, -0.05) is 41.9 Å². The molecule has 0 spiro atoms. The van der Waals surface area contributed by atoms with Gasteiger partial charge in [0.2, 0.25) is 5.91 Å². The zero-order valence-corrected chi connectivity index (χ0v) is 19.7. The Hall–Kier alpha value is -3.10. The van der Waals surface area contributed by atoms with Gasteiger partial charge in [0, 0.05) is 49.4 Å². The van der Waals surface area contributed by atoms with E-state index in [1.165, 1.54) is 11.3 Å². The molecule has 1 amide bonds. The Morgan fingerprint density at radius 2 is 1.35 bits per heavy atom. The SMILES string of the molecule is O=C(C1CCN(Cc2ccc(Cl)cc2)CC1)N1CCN(c2ccccc2)CC1.O=C(O)C(=O)O. The summed E-state index contributed by atoms with van der Waals surface area (Å²) in [4.78, 5) is 38.1. The molecule has 2 saturated heterocycles. The number of likely N-dealkylation sites (tertiary alicyclic amines) is 1. The van der Waals surface area contributed by atoms with Crippen molar-refractivity contribution in [2.45, 2.75) is 19.4 Å². The summed E-state index contributed by atoms with van der Waals surface area (Å²) in [7, 11) is 0. The Balaban J connectivity index is 0.000000481. The van der Waals surface area contributed by atoms with E-state index in [1.807, 2.05) is 18.2 Å². The van der Waals surface area contributed by atoms with Gasteiger partial charge in [0.1, 0.15) is 0 Å². The van der Waals surface area contributed by atoms with Gasteiger partial charge in [-0.3, -0.25) is 9.69 Å². The maximum absolute atomic E-state index is 13.0. The molecule has 8 nitrogen and oxygen atoms in total. The van der Waals surface area contributed by atoms with E-state index < -0.39 is 11.9 Å². The highest BCUT2D eigenvalue weighted by molar-refractivity contribution is 6.30. The molecule has 34 heavy (non-hydrogen) atoms. The van der Waals surface area contributed by atoms with Crippen LogP contribution in [0.5, 0.6) is 0 Å². The number of para-hydroxylation sites is 1. The van der Waals surface area contributed by atoms with Crippen LogP contribution in [-0.4, -0.2) is 77.1 Å². The highest BCUT2D eigenvalue weighted by atomic mass is 35.5. The van der Waals surface area contributed by atoms with Crippen LogP contribution in [0.1, 0.15) is 18.4 Å². The molecule has 182 valence electrons. The molecule has 2 heterocycles. The zero-order chi connectivity index (χ0) is 24.5. The van der Waals surface area contributed by atoms with Gasteiger partial charge in [-0.25, -0.2) is 9.59 Å². The maximum Gasteiger partial charge on any atom is 0.414 e. The van der Waals surface area contributed by atoms with Crippen LogP contribution in [0.15, 0.2) is 54.6 Å². The number of piperidine rings is 1. The summed E-state index contributed by atoms with van der Waals surface area (Å²) in [5.74, 6) is -3.10. The number of rotatable bonds is 4. The lowest BCUT2D eigenvalue weighted by Crippen LogP contribution is -2.51. The third-order valence-electron chi connectivity index (χ3n) is 6.15. The van der Waals surface area contributed by atoms with Crippen LogP contribution < -0.4 is 4.90 Å². The van der Waals surface area contributed by atoms with E-state index in [4.69, 9.17) is 31.4 Å². The van der Waals surface area contributed by atoms with Gasteiger partial charge in [-0.2, -0.15) is 0 Å². The number of carboxylic acids is 2. The number of aliphatic carboxylic acids is 2. The Morgan fingerprint density at radius 3 is 1.88 bits per heavy atom. The number of carboxylic acid groups (broad SMARTS) is 2. The quantitative estimate of drug-likeness (QED) is 0.639. The van der Waals surface area contributed by atoms with E-state index in [1.54, 1.807) is 0 Å². The molecule has 2 aliphatic rings. The van der Waals surface area contributed by atoms with Gasteiger partial charge < -0.3 is 20.0 Å². The van der Waals surface area contributed by atoms with Gasteiger partial charge in [0.25, 0.3) is 0 Å². The van der Waals surface area contributed by atoms with E-state index in [0.29, 0.717) is 5.91 Å². The van der Waals surface area contributed by atoms with Crippen molar-refractivity contribution in [2.24, 2.45) is 5.92 Å². The summed E-state index contributed by atoms with van der Waals surface area (Å²) in [5.41, 5.74) is 2.54. The second-order valence-corrected chi connectivity index (χ2v) is 8.87. The minimum atomic E-state index is -1.82. The van der Waals surface area contributed by atoms with Gasteiger partial charge in [0.15, 0.2) is 0 Å². The molecular formula is C25H30ClN3O5. The van der Waals surface area contributed by atoms with Crippen molar-refractivity contribution in [3.63, 3.8) is 0 Å². The maximum atomic E-state index is 13.0. The first-order valence-electron chi connectivity index (χ1n) is 11.4. The van der Waals surface area contributed by atoms with Crippen LogP contribution in [-0.2, 0) is 20.9 Å². The molecule has 0 aliphatic carbocycles. The average Bonchev–Trinajstić information content (AvgIpc) is 2.86. The standard InChI is InChI=1S/C23H28ClN3O.C2H2O4/c24-21-8-6-19(7-9-21)18-25-12-10-20(11-13-25)23(28)27-16-14-26(15-17-27)22-4-2-1-3-5-22;3-1(4)2(5)6/h1-9,20H,10-18H2;(H,3,4)(H,5,6). The van der Waals surface area contributed by atoms with Crippen LogP contribution >= 0.6 is 11.6 Å². The Morgan fingerprint density at radius 1 is 0.794 bits per heavy atom. The second kappa shape index (κ2) is 12.4. The van der Waals surface area contributed by atoms with Gasteiger partial charge >= 0.3 is 11.9 Å². The molecule has 2 N–H and O–H groups in total. The summed E-state index contributed by atoms with van der Waals surface area (Å²) >= 11 is 5.97. The van der Waals surface area contributed by atoms with Crippen molar-refractivity contribution in [3.05, 3.63) is 65.2 Å². The zero-order valence-electron chi connectivity index (χ0n) is 19.0. The molecule has 2 aromatic carbocycles. The Kier molecular flexibility index (Phi) is 9.30. The normalized spacial score (nSPS) is 17.0. The summed E-state index contributed by atoms with van der Waals surface area (Å²) < 4.78 is 0. The van der Waals surface area contributed by atoms with Crippen LogP contribution in [0.4, 0.5) is 5.69 Å². The number of nitrogens with zero attached hydrogens (tertiary/aromatic N) is 3. The minimum Gasteiger partial charge on any atom is -0.473 e. The number of hydrogen-bond acceptors (Lipinski definition) is 5. The Labute approximate surface area is 204 Å². The smallest absolute Gasteiger partial charge is 0.414 e. The number of amides is 1. The Bertz CT molecular complexity index is 942. The van der Waals surface area contributed by atoms with Gasteiger partial charge in [0.05, 0.1) is 0 Å². The number of carbonyl (C=O) groups excluding carboxylic acids is 1. The molecule has 0 saturated carbocycles. The van der Waals surface area contributed by atoms with E-state index in [-0.39, 0.29) is 5.92 Å². The molecule has 2 fully saturated rings. The van der Waals surface area contributed by atoms with Crippen LogP contribution in [0.25, 0.3) is 0 Å². The van der Waals surface area contributed by atoms with Crippen molar-refractivity contribution in [2.75, 3.05) is 44.2 Å². The molecule has 0 atom stereocenters. The third kappa shape index (κ3) is 7.46. The van der Waals surface area contributed by atoms with E-state index in [2.05, 4.69) is 51.1 Å². The number of piperazine rings is 1. The number of benzene rings is 2. The van der Waals surface area contributed by atoms with Gasteiger partial charge in [-0.15, -0.1) is 0 Å². The van der Waals surface area contributed by atoms with Crippen molar-refractivity contribution in [1.82, 2.24) is 9.80 Å². The van der Waals surface area contributed by atoms with E-state index >= 15 is 0 Å². The molecule has 0 bridgehead atoms. The molecule has 2 aromatic rings. The van der Waals surface area contributed by atoms with Crippen molar-refractivity contribution < 1.29 is 24.6 Å². The third-order valence-corrected chi connectivity index (χ3v) is 6.40. The fourth-order valence-corrected chi connectivity index (χ4v) is 4.39. The number of carbonyl (C=O) groups is 3. The van der Waals surface area contributed by atoms with Crippen molar-refractivity contribution in [1.29, 1.82) is 0 Å². The molecule has 0 aromatic heterocycles. The molecule has 2 aliphatic heterocycles. The first kappa shape index (κ1) is 25.5. The predicted octanol–water partition coefficient (Wildman–Crippen LogP) is 3.06. The fourth-order valence-electron chi connectivity index (χ4n) is 4.27. The first-order chi connectivity index (χ1) is 16.3. The summed E-state index contributed by atoms with van der Waals surface area (Å²) in [6.45, 7) is 6.42. The number of hydrogen-bond donors (Lipinski definition) is 2. The summed E-state index contributed by atoms with van der Waals surface area (Å²) in [6, 6.07) is 18.6. The highest BCUT2D eigenvalue weighted by Gasteiger charge is 2.30. The van der Waals surface area contributed by atoms with Gasteiger partial charge in [-0.05, 0) is 55.8 Å².